The second-order valence-electron chi connectivity index (χ2n) is 4.42. The van der Waals surface area contributed by atoms with Crippen molar-refractivity contribution in [2.45, 2.75) is 0 Å². The summed E-state index contributed by atoms with van der Waals surface area (Å²) >= 11 is 0. The van der Waals surface area contributed by atoms with Crippen LogP contribution < -0.4 is 4.74 Å². The number of ether oxygens (including phenoxy) is 1. The highest BCUT2D eigenvalue weighted by Crippen LogP contribution is 2.21. The number of carbonyl (C=O) groups is 1. The molecule has 0 atom stereocenters. The Balaban J connectivity index is 2.08. The van der Waals surface area contributed by atoms with Gasteiger partial charge in [0.1, 0.15) is 11.4 Å². The Morgan fingerprint density at radius 3 is 2.55 bits per heavy atom. The quantitative estimate of drug-likeness (QED) is 0.679. The predicted octanol–water partition coefficient (Wildman–Crippen LogP) is 3.47. The molecule has 0 aliphatic heterocycles. The zero-order valence-corrected chi connectivity index (χ0v) is 11.0. The van der Waals surface area contributed by atoms with E-state index < -0.39 is 0 Å². The molecule has 0 radical (unpaired) electrons. The predicted molar refractivity (Wildman–Crippen MR) is 78.2 cm³/mol. The molecule has 0 unspecified atom stereocenters. The van der Waals surface area contributed by atoms with E-state index in [0.29, 0.717) is 17.0 Å². The van der Waals surface area contributed by atoms with Crippen LogP contribution in [-0.4, -0.2) is 17.9 Å². The van der Waals surface area contributed by atoms with Gasteiger partial charge in [-0.1, -0.05) is 36.4 Å². The molecular weight excluding hydrogens is 250 g/mol. The fourth-order valence-electron chi connectivity index (χ4n) is 2.16. The molecule has 0 aliphatic carbocycles. The summed E-state index contributed by atoms with van der Waals surface area (Å²) in [6.45, 7) is 0. The highest BCUT2D eigenvalue weighted by atomic mass is 16.5. The molecule has 20 heavy (non-hydrogen) atoms. The summed E-state index contributed by atoms with van der Waals surface area (Å²) in [5, 5.41) is 1.02. The van der Waals surface area contributed by atoms with Crippen molar-refractivity contribution in [3.05, 3.63) is 71.9 Å². The standard InChI is InChI=1S/C17H13NO2/c1-20-16-9-5-3-7-13(16)17(19)15-11-10-12-6-2-4-8-14(12)18-15/h2-11H,1H3. The molecule has 0 fully saturated rings. The first kappa shape index (κ1) is 12.4. The maximum absolute atomic E-state index is 12.5. The number of rotatable bonds is 3. The number of ketones is 1. The van der Waals surface area contributed by atoms with Gasteiger partial charge in [-0.25, -0.2) is 4.98 Å². The molecule has 1 heterocycles. The molecule has 3 rings (SSSR count). The normalized spacial score (nSPS) is 10.4. The zero-order valence-electron chi connectivity index (χ0n) is 11.0. The Kier molecular flexibility index (Phi) is 3.17. The molecule has 0 saturated carbocycles. The maximum Gasteiger partial charge on any atom is 0.215 e. The first-order valence-electron chi connectivity index (χ1n) is 6.33. The second-order valence-corrected chi connectivity index (χ2v) is 4.42. The highest BCUT2D eigenvalue weighted by molar-refractivity contribution is 6.10. The summed E-state index contributed by atoms with van der Waals surface area (Å²) in [6, 6.07) is 18.6. The van der Waals surface area contributed by atoms with Crippen molar-refractivity contribution in [1.29, 1.82) is 0 Å². The monoisotopic (exact) mass is 263 g/mol. The Bertz CT molecular complexity index is 781. The highest BCUT2D eigenvalue weighted by Gasteiger charge is 2.15. The summed E-state index contributed by atoms with van der Waals surface area (Å²) in [7, 11) is 1.56. The lowest BCUT2D eigenvalue weighted by Crippen LogP contribution is -2.06. The minimum atomic E-state index is -0.131. The molecule has 0 N–H and O–H groups in total. The van der Waals surface area contributed by atoms with E-state index in [-0.39, 0.29) is 5.78 Å². The van der Waals surface area contributed by atoms with E-state index in [9.17, 15) is 4.79 Å². The van der Waals surface area contributed by atoms with E-state index in [2.05, 4.69) is 4.98 Å². The van der Waals surface area contributed by atoms with Gasteiger partial charge in [-0.05, 0) is 24.3 Å². The lowest BCUT2D eigenvalue weighted by Gasteiger charge is -2.07. The fourth-order valence-corrected chi connectivity index (χ4v) is 2.16. The Hall–Kier alpha value is -2.68. The largest absolute Gasteiger partial charge is 0.496 e. The first-order valence-corrected chi connectivity index (χ1v) is 6.33. The van der Waals surface area contributed by atoms with Gasteiger partial charge in [0.2, 0.25) is 5.78 Å². The van der Waals surface area contributed by atoms with Crippen LogP contribution in [0, 0.1) is 0 Å². The van der Waals surface area contributed by atoms with Crippen LogP contribution in [0.4, 0.5) is 0 Å². The van der Waals surface area contributed by atoms with Gasteiger partial charge in [-0.2, -0.15) is 0 Å². The van der Waals surface area contributed by atoms with Crippen molar-refractivity contribution in [2.75, 3.05) is 7.11 Å². The second kappa shape index (κ2) is 5.13. The third kappa shape index (κ3) is 2.14. The molecule has 3 aromatic rings. The van der Waals surface area contributed by atoms with Crippen LogP contribution >= 0.6 is 0 Å². The van der Waals surface area contributed by atoms with E-state index >= 15 is 0 Å². The molecule has 0 spiro atoms. The minimum absolute atomic E-state index is 0.131. The van der Waals surface area contributed by atoms with Gasteiger partial charge in [0.25, 0.3) is 0 Å². The number of para-hydroxylation sites is 2. The van der Waals surface area contributed by atoms with Crippen LogP contribution in [0.2, 0.25) is 0 Å². The van der Waals surface area contributed by atoms with Gasteiger partial charge in [0, 0.05) is 5.39 Å². The summed E-state index contributed by atoms with van der Waals surface area (Å²) in [6.07, 6.45) is 0. The summed E-state index contributed by atoms with van der Waals surface area (Å²) < 4.78 is 5.23. The van der Waals surface area contributed by atoms with Crippen LogP contribution in [-0.2, 0) is 0 Å². The fraction of sp³-hybridized carbons (Fsp3) is 0.0588. The molecule has 3 nitrogen and oxygen atoms in total. The summed E-state index contributed by atoms with van der Waals surface area (Å²) in [4.78, 5) is 16.9. The number of pyridine rings is 1. The Morgan fingerprint density at radius 2 is 1.70 bits per heavy atom. The van der Waals surface area contributed by atoms with E-state index in [1.54, 1.807) is 25.3 Å². The number of fused-ring (bicyclic) bond motifs is 1. The van der Waals surface area contributed by atoms with E-state index in [1.165, 1.54) is 0 Å². The van der Waals surface area contributed by atoms with Crippen molar-refractivity contribution < 1.29 is 9.53 Å². The van der Waals surface area contributed by atoms with Gasteiger partial charge in [0.05, 0.1) is 18.2 Å². The van der Waals surface area contributed by atoms with Crippen molar-refractivity contribution in [2.24, 2.45) is 0 Å². The zero-order chi connectivity index (χ0) is 13.9. The Labute approximate surface area is 116 Å². The molecule has 0 aliphatic rings. The van der Waals surface area contributed by atoms with Crippen molar-refractivity contribution >= 4 is 16.7 Å². The van der Waals surface area contributed by atoms with Crippen LogP contribution in [0.15, 0.2) is 60.7 Å². The molecule has 0 saturated heterocycles. The van der Waals surface area contributed by atoms with E-state index in [0.717, 1.165) is 10.9 Å². The third-order valence-electron chi connectivity index (χ3n) is 3.18. The molecule has 0 bridgehead atoms. The first-order chi connectivity index (χ1) is 9.79. The number of carbonyl (C=O) groups excluding carboxylic acids is 1. The van der Waals surface area contributed by atoms with Gasteiger partial charge in [-0.15, -0.1) is 0 Å². The number of hydrogen-bond acceptors (Lipinski definition) is 3. The van der Waals surface area contributed by atoms with Gasteiger partial charge in [0.15, 0.2) is 0 Å². The molecular formula is C17H13NO2. The molecule has 98 valence electrons. The maximum atomic E-state index is 12.5. The number of aromatic nitrogens is 1. The van der Waals surface area contributed by atoms with Crippen molar-refractivity contribution in [3.63, 3.8) is 0 Å². The number of methoxy groups -OCH3 is 1. The SMILES string of the molecule is COc1ccccc1C(=O)c1ccc2ccccc2n1. The molecule has 1 aromatic heterocycles. The topological polar surface area (TPSA) is 39.2 Å². The van der Waals surface area contributed by atoms with E-state index in [4.69, 9.17) is 4.74 Å². The summed E-state index contributed by atoms with van der Waals surface area (Å²) in [5.41, 5.74) is 1.76. The summed E-state index contributed by atoms with van der Waals surface area (Å²) in [5.74, 6) is 0.431. The smallest absolute Gasteiger partial charge is 0.215 e. The van der Waals surface area contributed by atoms with Gasteiger partial charge < -0.3 is 4.74 Å². The average molecular weight is 263 g/mol. The lowest BCUT2D eigenvalue weighted by molar-refractivity contribution is 0.103. The number of hydrogen-bond donors (Lipinski definition) is 0. The third-order valence-corrected chi connectivity index (χ3v) is 3.18. The van der Waals surface area contributed by atoms with Crippen LogP contribution in [0.1, 0.15) is 16.1 Å². The Morgan fingerprint density at radius 1 is 0.950 bits per heavy atom. The van der Waals surface area contributed by atoms with Gasteiger partial charge in [-0.3, -0.25) is 4.79 Å². The van der Waals surface area contributed by atoms with Crippen molar-refractivity contribution in [3.8, 4) is 5.75 Å². The number of nitrogens with zero attached hydrogens (tertiary/aromatic N) is 1. The van der Waals surface area contributed by atoms with Crippen LogP contribution in [0.5, 0.6) is 5.75 Å². The van der Waals surface area contributed by atoms with Crippen LogP contribution in [0.25, 0.3) is 10.9 Å². The molecule has 0 amide bonds. The molecule has 2 aromatic carbocycles. The average Bonchev–Trinajstić information content (AvgIpc) is 2.53. The van der Waals surface area contributed by atoms with E-state index in [1.807, 2.05) is 42.5 Å². The molecule has 3 heteroatoms. The number of benzene rings is 2. The minimum Gasteiger partial charge on any atom is -0.496 e. The van der Waals surface area contributed by atoms with Crippen molar-refractivity contribution in [1.82, 2.24) is 4.98 Å². The van der Waals surface area contributed by atoms with Crippen LogP contribution in [0.3, 0.4) is 0 Å². The lowest BCUT2D eigenvalue weighted by atomic mass is 10.1. The van der Waals surface area contributed by atoms with Gasteiger partial charge >= 0.3 is 0 Å².